The Labute approximate surface area is 412 Å². The Morgan fingerprint density at radius 1 is 0.294 bits per heavy atom. The Kier molecular flexibility index (Phi) is 6.34. The van der Waals surface area contributed by atoms with Gasteiger partial charge in [0, 0.05) is 60.6 Å². The van der Waals surface area contributed by atoms with E-state index in [2.05, 4.69) is 4.98 Å². The van der Waals surface area contributed by atoms with Gasteiger partial charge in [0.05, 0.1) is 48.3 Å². The predicted octanol–water partition coefficient (Wildman–Crippen LogP) is 14.3. The first-order valence-corrected chi connectivity index (χ1v) is 21.4. The SMILES string of the molecule is [2H]c1c([2H])c([2H])c(-c2nc(-c3cc(-c4nc(-c5ccccc5)nc(-c5ccccc5)n4)ccc3-n3c4ccccc4c4cc5c(cc43)c3ccccc3n5-c3c([2H])c([2H])c([2H])c([2H])c3[2H])nc(-c3c([2H])c([2H])c([2H])c([2H])c3[2H])n2)c([2H])c1[2H]. The molecule has 0 fully saturated rings. The molecule has 0 atom stereocenters. The van der Waals surface area contributed by atoms with Gasteiger partial charge in [0.25, 0.3) is 0 Å². The number of hydrogen-bond acceptors (Lipinski definition) is 6. The molecule has 4 aromatic heterocycles. The van der Waals surface area contributed by atoms with Gasteiger partial charge < -0.3 is 9.13 Å². The summed E-state index contributed by atoms with van der Waals surface area (Å²) < 4.78 is 135. The van der Waals surface area contributed by atoms with Crippen LogP contribution in [-0.2, 0) is 0 Å². The molecule has 0 aliphatic carbocycles. The van der Waals surface area contributed by atoms with E-state index in [0.29, 0.717) is 72.3 Å². The van der Waals surface area contributed by atoms with E-state index in [9.17, 15) is 0 Å². The minimum atomic E-state index is -0.696. The second-order valence-corrected chi connectivity index (χ2v) is 15.6. The normalized spacial score (nSPS) is 14.6. The van der Waals surface area contributed by atoms with Gasteiger partial charge in [0.1, 0.15) is 0 Å². The Morgan fingerprint density at radius 3 is 1.24 bits per heavy atom. The van der Waals surface area contributed by atoms with Crippen molar-refractivity contribution in [3.8, 4) is 79.7 Å². The summed E-state index contributed by atoms with van der Waals surface area (Å²) in [6.45, 7) is 0. The summed E-state index contributed by atoms with van der Waals surface area (Å²) in [6, 6.07) is 33.6. The number of benzene rings is 9. The molecule has 0 N–H and O–H groups in total. The van der Waals surface area contributed by atoms with Crippen LogP contribution in [0, 0.1) is 0 Å². The highest BCUT2D eigenvalue weighted by Gasteiger charge is 2.23. The minimum Gasteiger partial charge on any atom is -0.309 e. The van der Waals surface area contributed by atoms with E-state index in [1.807, 2.05) is 120 Å². The van der Waals surface area contributed by atoms with Crippen molar-refractivity contribution in [2.75, 3.05) is 0 Å². The average Bonchev–Trinajstić information content (AvgIpc) is 2.61. The van der Waals surface area contributed by atoms with E-state index in [1.54, 1.807) is 28.8 Å². The van der Waals surface area contributed by atoms with Crippen LogP contribution in [0.2, 0.25) is 0 Å². The van der Waals surface area contributed by atoms with Gasteiger partial charge >= 0.3 is 0 Å². The zero-order valence-electron chi connectivity index (χ0n) is 50.4. The third-order valence-corrected chi connectivity index (χ3v) is 11.7. The van der Waals surface area contributed by atoms with Crippen LogP contribution in [-0.4, -0.2) is 39.0 Å². The zero-order valence-corrected chi connectivity index (χ0v) is 35.4. The maximum absolute atomic E-state index is 9.09. The van der Waals surface area contributed by atoms with Crippen LogP contribution in [0.25, 0.3) is 123 Å². The van der Waals surface area contributed by atoms with Crippen LogP contribution >= 0.6 is 0 Å². The molecule has 0 spiro atoms. The Morgan fingerprint density at radius 2 is 0.706 bits per heavy atom. The Balaban J connectivity index is 1.17. The molecule has 0 saturated carbocycles. The first-order chi connectivity index (χ1) is 39.9. The molecule has 0 saturated heterocycles. The monoisotopic (exact) mass is 885 g/mol. The van der Waals surface area contributed by atoms with Gasteiger partial charge in [-0.15, -0.1) is 0 Å². The van der Waals surface area contributed by atoms with Crippen molar-refractivity contribution < 1.29 is 20.6 Å². The summed E-state index contributed by atoms with van der Waals surface area (Å²) >= 11 is 0. The molecule has 0 unspecified atom stereocenters. The molecule has 0 aliphatic rings. The van der Waals surface area contributed by atoms with Crippen LogP contribution in [0.4, 0.5) is 0 Å². The second-order valence-electron chi connectivity index (χ2n) is 15.6. The summed E-state index contributed by atoms with van der Waals surface area (Å²) in [7, 11) is 0. The molecule has 13 rings (SSSR count). The number of aromatic nitrogens is 8. The smallest absolute Gasteiger partial charge is 0.166 e. The second kappa shape index (κ2) is 16.2. The number of para-hydroxylation sites is 3. The number of fused-ring (bicyclic) bond motifs is 6. The quantitative estimate of drug-likeness (QED) is 0.151. The third kappa shape index (κ3) is 6.70. The maximum Gasteiger partial charge on any atom is 0.166 e. The fraction of sp³-hybridized carbons (Fsp3) is 0. The lowest BCUT2D eigenvalue weighted by atomic mass is 10.1. The molecule has 68 heavy (non-hydrogen) atoms. The van der Waals surface area contributed by atoms with Crippen molar-refractivity contribution in [1.29, 1.82) is 0 Å². The van der Waals surface area contributed by atoms with E-state index in [0.717, 1.165) is 5.39 Å². The van der Waals surface area contributed by atoms with Gasteiger partial charge in [-0.1, -0.05) is 176 Å². The van der Waals surface area contributed by atoms with Crippen molar-refractivity contribution in [2.45, 2.75) is 0 Å². The number of rotatable bonds is 8. The summed E-state index contributed by atoms with van der Waals surface area (Å²) in [6.07, 6.45) is 0. The van der Waals surface area contributed by atoms with Crippen LogP contribution in [0.1, 0.15) is 20.6 Å². The number of nitrogens with zero attached hydrogens (tertiary/aromatic N) is 8. The van der Waals surface area contributed by atoms with E-state index in [4.69, 9.17) is 45.5 Å². The molecule has 0 bridgehead atoms. The fourth-order valence-corrected chi connectivity index (χ4v) is 8.72. The number of hydrogen-bond donors (Lipinski definition) is 0. The lowest BCUT2D eigenvalue weighted by Gasteiger charge is -2.16. The van der Waals surface area contributed by atoms with Crippen molar-refractivity contribution in [3.63, 3.8) is 0 Å². The standard InChI is InChI=1S/C60H38N8/c1-6-20-39(21-7-1)55-61-56(40-22-8-2-9-23-40)64-59(63-55)43-34-35-52(49(36-43)60-65-57(41-24-10-3-11-25-41)62-58(66-60)42-26-12-4-13-27-42)68-51-33-19-17-31-46(51)48-37-53-47(38-54(48)68)45-30-16-18-32-50(45)67(53)44-28-14-5-15-29-44/h1-38H/i3D,4D,5D,10D,11D,12D,13D,14D,15D,24D,25D,26D,27D,28D,29D. The predicted molar refractivity (Wildman–Crippen MR) is 275 cm³/mol. The van der Waals surface area contributed by atoms with Crippen molar-refractivity contribution in [3.05, 3.63) is 230 Å². The first-order valence-electron chi connectivity index (χ1n) is 28.9. The van der Waals surface area contributed by atoms with E-state index in [1.165, 1.54) is 0 Å². The van der Waals surface area contributed by atoms with Crippen molar-refractivity contribution in [1.82, 2.24) is 39.0 Å². The van der Waals surface area contributed by atoms with Crippen LogP contribution in [0.15, 0.2) is 230 Å². The molecule has 13 aromatic rings. The largest absolute Gasteiger partial charge is 0.309 e. The van der Waals surface area contributed by atoms with Gasteiger partial charge in [0.2, 0.25) is 0 Å². The average molecular weight is 886 g/mol. The van der Waals surface area contributed by atoms with Gasteiger partial charge in [-0.3, -0.25) is 0 Å². The molecule has 0 aliphatic heterocycles. The van der Waals surface area contributed by atoms with Gasteiger partial charge in [-0.2, -0.15) is 0 Å². The first kappa shape index (κ1) is 26.5. The molecule has 8 heteroatoms. The molecule has 0 radical (unpaired) electrons. The molecular weight excluding hydrogens is 833 g/mol. The molecular formula is C60H38N8. The van der Waals surface area contributed by atoms with Gasteiger partial charge in [0.15, 0.2) is 34.9 Å². The summed E-state index contributed by atoms with van der Waals surface area (Å²) in [5.74, 6) is -0.242. The van der Waals surface area contributed by atoms with Crippen LogP contribution in [0.3, 0.4) is 0 Å². The van der Waals surface area contributed by atoms with E-state index >= 15 is 0 Å². The maximum atomic E-state index is 9.09. The third-order valence-electron chi connectivity index (χ3n) is 11.7. The highest BCUT2D eigenvalue weighted by Crippen LogP contribution is 2.42. The highest BCUT2D eigenvalue weighted by molar-refractivity contribution is 6.19. The summed E-state index contributed by atoms with van der Waals surface area (Å²) in [5, 5.41) is 2.75. The lowest BCUT2D eigenvalue weighted by molar-refractivity contribution is 1.06. The fourth-order valence-electron chi connectivity index (χ4n) is 8.72. The van der Waals surface area contributed by atoms with E-state index < -0.39 is 101 Å². The molecule has 9 aromatic carbocycles. The molecule has 4 heterocycles. The van der Waals surface area contributed by atoms with Crippen molar-refractivity contribution in [2.24, 2.45) is 0 Å². The molecule has 318 valence electrons. The molecule has 8 nitrogen and oxygen atoms in total. The Hall–Kier alpha value is -9.40. The summed E-state index contributed by atoms with van der Waals surface area (Å²) in [5.41, 5.74) is 3.81. The minimum absolute atomic E-state index is 0.0352. The molecule has 0 amide bonds. The summed E-state index contributed by atoms with van der Waals surface area (Å²) in [4.78, 5) is 29.4. The van der Waals surface area contributed by atoms with Crippen molar-refractivity contribution >= 4 is 43.6 Å². The van der Waals surface area contributed by atoms with Gasteiger partial charge in [-0.05, 0) is 54.5 Å². The topological polar surface area (TPSA) is 87.2 Å². The highest BCUT2D eigenvalue weighted by atomic mass is 15.1. The van der Waals surface area contributed by atoms with E-state index in [-0.39, 0.29) is 35.0 Å². The van der Waals surface area contributed by atoms with Crippen LogP contribution < -0.4 is 0 Å². The van der Waals surface area contributed by atoms with Gasteiger partial charge in [-0.25, -0.2) is 29.9 Å². The lowest BCUT2D eigenvalue weighted by Crippen LogP contribution is -2.05. The Bertz CT molecular complexity index is 4700. The zero-order chi connectivity index (χ0) is 58.0. The van der Waals surface area contributed by atoms with Crippen LogP contribution in [0.5, 0.6) is 0 Å².